The van der Waals surface area contributed by atoms with Crippen LogP contribution >= 0.6 is 0 Å². The Hall–Kier alpha value is -2.99. The molecule has 3 aromatic carbocycles. The number of hydrogen-bond donors (Lipinski definition) is 0. The molecule has 0 unspecified atom stereocenters. The van der Waals surface area contributed by atoms with E-state index < -0.39 is 0 Å². The van der Waals surface area contributed by atoms with Crippen molar-refractivity contribution in [3.63, 3.8) is 0 Å². The van der Waals surface area contributed by atoms with Crippen molar-refractivity contribution in [3.8, 4) is 0 Å². The number of aromatic nitrogens is 3. The summed E-state index contributed by atoms with van der Waals surface area (Å²) in [6, 6.07) is 17.3. The fourth-order valence-corrected chi connectivity index (χ4v) is 5.19. The molecule has 4 aromatic rings. The Morgan fingerprint density at radius 1 is 0.844 bits per heavy atom. The Morgan fingerprint density at radius 2 is 1.34 bits per heavy atom. The van der Waals surface area contributed by atoms with Crippen LogP contribution in [0.25, 0.3) is 32.6 Å². The van der Waals surface area contributed by atoms with Crippen molar-refractivity contribution < 1.29 is 4.84 Å². The lowest BCUT2D eigenvalue weighted by Crippen LogP contribution is -2.39. The molecule has 0 bridgehead atoms. The molecule has 0 aliphatic heterocycles. The second-order valence-corrected chi connectivity index (χ2v) is 8.67. The third kappa shape index (κ3) is 3.73. The first kappa shape index (κ1) is 20.9. The third-order valence-electron chi connectivity index (χ3n) is 6.85. The average molecular weight is 430 g/mol. The molecule has 0 amide bonds. The summed E-state index contributed by atoms with van der Waals surface area (Å²) in [7, 11) is 1.87. The lowest BCUT2D eigenvalue weighted by molar-refractivity contribution is 0.00650. The highest BCUT2D eigenvalue weighted by Gasteiger charge is 2.25. The van der Waals surface area contributed by atoms with Crippen LogP contribution in [-0.2, 0) is 11.9 Å². The summed E-state index contributed by atoms with van der Waals surface area (Å²) in [5.74, 6) is 0. The fourth-order valence-electron chi connectivity index (χ4n) is 5.19. The molecule has 5 rings (SSSR count). The van der Waals surface area contributed by atoms with Gasteiger partial charge in [-0.05, 0) is 38.8 Å². The molecule has 1 aliphatic carbocycles. The lowest BCUT2D eigenvalue weighted by Gasteiger charge is -2.34. The van der Waals surface area contributed by atoms with Gasteiger partial charge in [0.2, 0.25) is 0 Å². The van der Waals surface area contributed by atoms with Gasteiger partial charge in [-0.25, -0.2) is 0 Å². The Morgan fingerprint density at radius 3 is 1.84 bits per heavy atom. The van der Waals surface area contributed by atoms with E-state index in [9.17, 15) is 0 Å². The SMILES string of the molecule is CCN(CC)C1CCC(ON=c2c3ccccc3c3nn(C)nc3c3ccccc23)CC1. The molecule has 1 fully saturated rings. The molecule has 0 N–H and O–H groups in total. The minimum Gasteiger partial charge on any atom is -0.392 e. The van der Waals surface area contributed by atoms with Crippen molar-refractivity contribution in [2.24, 2.45) is 12.2 Å². The molecule has 6 nitrogen and oxygen atoms in total. The molecule has 1 aliphatic rings. The molecule has 1 heterocycles. The first-order chi connectivity index (χ1) is 15.7. The number of fused-ring (bicyclic) bond motifs is 5. The molecular weight excluding hydrogens is 398 g/mol. The topological polar surface area (TPSA) is 55.5 Å². The predicted octanol–water partition coefficient (Wildman–Crippen LogP) is 4.76. The largest absolute Gasteiger partial charge is 0.392 e. The van der Waals surface area contributed by atoms with Crippen LogP contribution in [-0.4, -0.2) is 45.1 Å². The summed E-state index contributed by atoms with van der Waals surface area (Å²) in [4.78, 5) is 10.4. The quantitative estimate of drug-likeness (QED) is 0.429. The van der Waals surface area contributed by atoms with Crippen LogP contribution < -0.4 is 5.36 Å². The van der Waals surface area contributed by atoms with E-state index in [1.165, 1.54) is 12.8 Å². The first-order valence-electron chi connectivity index (χ1n) is 11.8. The second-order valence-electron chi connectivity index (χ2n) is 8.67. The Kier molecular flexibility index (Phi) is 5.79. The van der Waals surface area contributed by atoms with Crippen molar-refractivity contribution in [1.29, 1.82) is 0 Å². The van der Waals surface area contributed by atoms with Gasteiger partial charge in [-0.2, -0.15) is 15.0 Å². The maximum absolute atomic E-state index is 6.21. The van der Waals surface area contributed by atoms with E-state index in [2.05, 4.69) is 53.2 Å². The monoisotopic (exact) mass is 429 g/mol. The summed E-state index contributed by atoms with van der Waals surface area (Å²) in [5.41, 5.74) is 1.78. The van der Waals surface area contributed by atoms with Crippen molar-refractivity contribution in [3.05, 3.63) is 53.9 Å². The van der Waals surface area contributed by atoms with Crippen LogP contribution in [0.1, 0.15) is 39.5 Å². The molecule has 166 valence electrons. The summed E-state index contributed by atoms with van der Waals surface area (Å²) in [5, 5.41) is 19.2. The van der Waals surface area contributed by atoms with E-state index in [0.29, 0.717) is 6.04 Å². The van der Waals surface area contributed by atoms with Gasteiger partial charge < -0.3 is 9.74 Å². The smallest absolute Gasteiger partial charge is 0.127 e. The molecule has 1 aromatic heterocycles. The number of hydrogen-bond acceptors (Lipinski definition) is 5. The molecule has 1 saturated carbocycles. The van der Waals surface area contributed by atoms with E-state index in [-0.39, 0.29) is 6.10 Å². The molecule has 0 spiro atoms. The zero-order valence-electron chi connectivity index (χ0n) is 19.2. The van der Waals surface area contributed by atoms with Crippen LogP contribution in [0.5, 0.6) is 0 Å². The van der Waals surface area contributed by atoms with Gasteiger partial charge in [-0.1, -0.05) is 67.5 Å². The molecule has 6 heteroatoms. The van der Waals surface area contributed by atoms with Crippen molar-refractivity contribution in [2.75, 3.05) is 13.1 Å². The Bertz CT molecular complexity index is 1240. The predicted molar refractivity (Wildman–Crippen MR) is 129 cm³/mol. The normalized spacial score (nSPS) is 19.1. The average Bonchev–Trinajstić information content (AvgIpc) is 3.18. The second kappa shape index (κ2) is 8.87. The summed E-state index contributed by atoms with van der Waals surface area (Å²) >= 11 is 0. The van der Waals surface area contributed by atoms with Gasteiger partial charge in [-0.3, -0.25) is 0 Å². The maximum Gasteiger partial charge on any atom is 0.127 e. The van der Waals surface area contributed by atoms with Crippen LogP contribution in [0.3, 0.4) is 0 Å². The highest BCUT2D eigenvalue weighted by Crippen LogP contribution is 2.27. The van der Waals surface area contributed by atoms with Crippen LogP contribution in [0.4, 0.5) is 0 Å². The van der Waals surface area contributed by atoms with Gasteiger partial charge in [0.15, 0.2) is 0 Å². The van der Waals surface area contributed by atoms with Crippen molar-refractivity contribution in [1.82, 2.24) is 19.9 Å². The zero-order chi connectivity index (χ0) is 22.1. The van der Waals surface area contributed by atoms with Gasteiger partial charge >= 0.3 is 0 Å². The number of aryl methyl sites for hydroxylation is 1. The van der Waals surface area contributed by atoms with Crippen LogP contribution in [0, 0.1) is 0 Å². The minimum absolute atomic E-state index is 0.164. The molecule has 32 heavy (non-hydrogen) atoms. The highest BCUT2D eigenvalue weighted by molar-refractivity contribution is 6.13. The first-order valence-corrected chi connectivity index (χ1v) is 11.8. The summed E-state index contributed by atoms with van der Waals surface area (Å²) in [6.07, 6.45) is 4.60. The molecule has 0 saturated heterocycles. The number of benzene rings is 2. The van der Waals surface area contributed by atoms with Gasteiger partial charge in [0.1, 0.15) is 22.5 Å². The minimum atomic E-state index is 0.164. The van der Waals surface area contributed by atoms with Gasteiger partial charge in [0, 0.05) is 34.6 Å². The lowest BCUT2D eigenvalue weighted by atomic mass is 9.92. The van der Waals surface area contributed by atoms with E-state index in [0.717, 1.165) is 63.9 Å². The zero-order valence-corrected chi connectivity index (χ0v) is 19.2. The van der Waals surface area contributed by atoms with E-state index in [1.807, 2.05) is 31.3 Å². The standard InChI is InChI=1S/C26H31N5O/c1-4-31(5-2)18-14-16-19(17-15-18)32-29-24-20-10-6-8-12-22(20)25-26(28-30(3)27-25)23-13-9-7-11-21(23)24/h6-13,18-19H,4-5,14-17H2,1-3H3. The molecule has 0 radical (unpaired) electrons. The third-order valence-corrected chi connectivity index (χ3v) is 6.85. The van der Waals surface area contributed by atoms with Crippen LogP contribution in [0.15, 0.2) is 53.7 Å². The maximum atomic E-state index is 6.21. The summed E-state index contributed by atoms with van der Waals surface area (Å²) in [6.45, 7) is 6.73. The van der Waals surface area contributed by atoms with E-state index in [1.54, 1.807) is 4.80 Å². The van der Waals surface area contributed by atoms with Gasteiger partial charge in [0.05, 0.1) is 0 Å². The highest BCUT2D eigenvalue weighted by atomic mass is 16.6. The Balaban J connectivity index is 1.59. The van der Waals surface area contributed by atoms with Crippen molar-refractivity contribution >= 4 is 32.6 Å². The molecular formula is C26H31N5O. The fraction of sp³-hybridized carbons (Fsp3) is 0.423. The van der Waals surface area contributed by atoms with E-state index >= 15 is 0 Å². The van der Waals surface area contributed by atoms with E-state index in [4.69, 9.17) is 9.99 Å². The van der Waals surface area contributed by atoms with Gasteiger partial charge in [0.25, 0.3) is 0 Å². The van der Waals surface area contributed by atoms with Gasteiger partial charge in [-0.15, -0.1) is 0 Å². The summed E-state index contributed by atoms with van der Waals surface area (Å²) < 4.78 is 0. The molecule has 0 atom stereocenters. The number of rotatable bonds is 5. The van der Waals surface area contributed by atoms with Crippen molar-refractivity contribution in [2.45, 2.75) is 51.7 Å². The number of nitrogens with zero attached hydrogens (tertiary/aromatic N) is 5. The Labute approximate surface area is 188 Å². The van der Waals surface area contributed by atoms with Crippen LogP contribution in [0.2, 0.25) is 0 Å².